The van der Waals surface area contributed by atoms with Crippen molar-refractivity contribution < 1.29 is 13.9 Å². The number of hydrogen-bond donors (Lipinski definition) is 2. The number of nitrogens with zero attached hydrogens (tertiary/aromatic N) is 1. The number of carbonyl (C=O) groups excluding carboxylic acids is 1. The second-order valence-corrected chi connectivity index (χ2v) is 6.84. The summed E-state index contributed by atoms with van der Waals surface area (Å²) in [7, 11) is 1.62. The molecule has 4 aromatic rings. The average Bonchev–Trinajstić information content (AvgIpc) is 3.22. The van der Waals surface area contributed by atoms with E-state index in [1.54, 1.807) is 19.6 Å². The van der Waals surface area contributed by atoms with E-state index in [4.69, 9.17) is 15.0 Å². The van der Waals surface area contributed by atoms with Crippen LogP contribution >= 0.6 is 12.4 Å². The highest BCUT2D eigenvalue weighted by Crippen LogP contribution is 2.32. The minimum absolute atomic E-state index is 0. The predicted octanol–water partition coefficient (Wildman–Crippen LogP) is 5.21. The lowest BCUT2D eigenvalue weighted by Crippen LogP contribution is -2.12. The molecule has 0 radical (unpaired) electrons. The van der Waals surface area contributed by atoms with Crippen LogP contribution in [0.2, 0.25) is 0 Å². The third kappa shape index (κ3) is 4.94. The molecule has 6 nitrogen and oxygen atoms in total. The summed E-state index contributed by atoms with van der Waals surface area (Å²) in [5.74, 6) is 5.84. The number of furan rings is 1. The van der Waals surface area contributed by atoms with Gasteiger partial charge in [0.25, 0.3) is 5.91 Å². The summed E-state index contributed by atoms with van der Waals surface area (Å²) in [4.78, 5) is 12.9. The molecule has 0 spiro atoms. The quantitative estimate of drug-likeness (QED) is 0.247. The lowest BCUT2D eigenvalue weighted by atomic mass is 9.95. The molecule has 0 atom stereocenters. The molecule has 0 saturated heterocycles. The van der Waals surface area contributed by atoms with Crippen LogP contribution in [0.3, 0.4) is 0 Å². The van der Waals surface area contributed by atoms with Gasteiger partial charge in [0.15, 0.2) is 0 Å². The summed E-state index contributed by atoms with van der Waals surface area (Å²) in [5.41, 5.74) is 3.90. The number of nitrogens with one attached hydrogen (secondary N) is 1. The molecular formula is C24H22ClN3O3. The van der Waals surface area contributed by atoms with Crippen LogP contribution in [0.25, 0.3) is 21.9 Å². The Morgan fingerprint density at radius 2 is 1.94 bits per heavy atom. The van der Waals surface area contributed by atoms with Gasteiger partial charge in [-0.1, -0.05) is 30.3 Å². The number of halogens is 1. The Bertz CT molecular complexity index is 1220. The molecule has 7 heteroatoms. The van der Waals surface area contributed by atoms with Crippen molar-refractivity contribution in [1.82, 2.24) is 0 Å². The summed E-state index contributed by atoms with van der Waals surface area (Å²) in [6, 6.07) is 20.9. The van der Waals surface area contributed by atoms with E-state index in [0.29, 0.717) is 17.9 Å². The molecule has 1 amide bonds. The lowest BCUT2D eigenvalue weighted by molar-refractivity contribution is 0.102. The minimum Gasteiger partial charge on any atom is -0.466 e. The maximum atomic E-state index is 12.9. The molecule has 0 aliphatic heterocycles. The normalized spacial score (nSPS) is 10.9. The van der Waals surface area contributed by atoms with Crippen LogP contribution in [-0.2, 0) is 11.3 Å². The summed E-state index contributed by atoms with van der Waals surface area (Å²) in [5, 5.41) is 8.44. The number of anilines is 1. The molecule has 1 heterocycles. The maximum absolute atomic E-state index is 12.9. The largest absolute Gasteiger partial charge is 0.466 e. The van der Waals surface area contributed by atoms with Crippen LogP contribution in [0.5, 0.6) is 0 Å². The lowest BCUT2D eigenvalue weighted by Gasteiger charge is -2.11. The molecule has 4 rings (SSSR count). The molecule has 3 aromatic carbocycles. The minimum atomic E-state index is -0.183. The van der Waals surface area contributed by atoms with Crippen LogP contribution in [0, 0.1) is 0 Å². The first-order chi connectivity index (χ1) is 14.7. The average molecular weight is 436 g/mol. The number of rotatable bonds is 6. The highest BCUT2D eigenvalue weighted by Gasteiger charge is 2.14. The molecule has 0 unspecified atom stereocenters. The van der Waals surface area contributed by atoms with Crippen molar-refractivity contribution in [1.29, 1.82) is 0 Å². The fourth-order valence-corrected chi connectivity index (χ4v) is 3.38. The summed E-state index contributed by atoms with van der Waals surface area (Å²) >= 11 is 0. The van der Waals surface area contributed by atoms with Gasteiger partial charge in [0.1, 0.15) is 12.4 Å². The zero-order chi connectivity index (χ0) is 20.9. The van der Waals surface area contributed by atoms with Gasteiger partial charge in [0.2, 0.25) is 0 Å². The maximum Gasteiger partial charge on any atom is 0.255 e. The summed E-state index contributed by atoms with van der Waals surface area (Å²) < 4.78 is 10.8. The molecule has 0 bridgehead atoms. The van der Waals surface area contributed by atoms with Gasteiger partial charge in [0.05, 0.1) is 12.5 Å². The Morgan fingerprint density at radius 3 is 2.68 bits per heavy atom. The van der Waals surface area contributed by atoms with E-state index >= 15 is 0 Å². The van der Waals surface area contributed by atoms with Crippen LogP contribution in [0.4, 0.5) is 5.69 Å². The summed E-state index contributed by atoms with van der Waals surface area (Å²) in [6.45, 7) is 0.372. The number of hydrogen-bond acceptors (Lipinski definition) is 5. The number of ether oxygens (including phenoxy) is 1. The SMILES string of the molecule is COCc1cc(-c2cc(C(=O)Nc3ccccc3)cc3ccc(C=NN)cc23)co1.Cl. The van der Waals surface area contributed by atoms with E-state index in [0.717, 1.165) is 33.2 Å². The molecule has 3 N–H and O–H groups in total. The molecule has 0 saturated carbocycles. The Kier molecular flexibility index (Phi) is 7.07. The second-order valence-electron chi connectivity index (χ2n) is 6.84. The molecule has 158 valence electrons. The van der Waals surface area contributed by atoms with E-state index in [1.165, 1.54) is 0 Å². The Balaban J connectivity index is 0.00000272. The third-order valence-corrected chi connectivity index (χ3v) is 4.75. The zero-order valence-electron chi connectivity index (χ0n) is 16.9. The van der Waals surface area contributed by atoms with E-state index in [-0.39, 0.29) is 18.3 Å². The zero-order valence-corrected chi connectivity index (χ0v) is 17.7. The first-order valence-corrected chi connectivity index (χ1v) is 9.42. The smallest absolute Gasteiger partial charge is 0.255 e. The molecule has 31 heavy (non-hydrogen) atoms. The third-order valence-electron chi connectivity index (χ3n) is 4.75. The monoisotopic (exact) mass is 435 g/mol. The molecule has 0 aliphatic rings. The number of amides is 1. The van der Waals surface area contributed by atoms with Crippen LogP contribution < -0.4 is 11.2 Å². The highest BCUT2D eigenvalue weighted by molar-refractivity contribution is 6.10. The van der Waals surface area contributed by atoms with E-state index in [9.17, 15) is 4.79 Å². The summed E-state index contributed by atoms with van der Waals surface area (Å²) in [6.07, 6.45) is 3.26. The second kappa shape index (κ2) is 9.93. The van der Waals surface area contributed by atoms with Gasteiger partial charge in [-0.2, -0.15) is 5.10 Å². The number of carbonyl (C=O) groups is 1. The predicted molar refractivity (Wildman–Crippen MR) is 126 cm³/mol. The molecule has 1 aromatic heterocycles. The van der Waals surface area contributed by atoms with Gasteiger partial charge < -0.3 is 20.3 Å². The van der Waals surface area contributed by atoms with Crippen molar-refractivity contribution in [3.63, 3.8) is 0 Å². The van der Waals surface area contributed by atoms with E-state index in [2.05, 4.69) is 10.4 Å². The Morgan fingerprint density at radius 1 is 1.13 bits per heavy atom. The van der Waals surface area contributed by atoms with Gasteiger partial charge >= 0.3 is 0 Å². The number of methoxy groups -OCH3 is 1. The van der Waals surface area contributed by atoms with Crippen molar-refractivity contribution in [2.24, 2.45) is 10.9 Å². The number of nitrogens with two attached hydrogens (primary N) is 1. The van der Waals surface area contributed by atoms with E-state index < -0.39 is 0 Å². The van der Waals surface area contributed by atoms with Gasteiger partial charge in [0, 0.05) is 23.9 Å². The standard InChI is InChI=1S/C24H21N3O3.ClH/c1-29-15-21-11-19(14-30-21)23-12-18(24(28)27-20-5-3-2-4-6-20)10-17-8-7-16(13-26-25)9-22(17)23;/h2-14H,15,25H2,1H3,(H,27,28);1H. The molecule has 0 aliphatic carbocycles. The number of hydrazone groups is 1. The van der Waals surface area contributed by atoms with Crippen LogP contribution in [0.1, 0.15) is 21.7 Å². The Labute approximate surface area is 186 Å². The van der Waals surface area contributed by atoms with Gasteiger partial charge in [-0.15, -0.1) is 12.4 Å². The molecular weight excluding hydrogens is 414 g/mol. The van der Waals surface area contributed by atoms with Gasteiger partial charge in [-0.05, 0) is 58.3 Å². The first-order valence-electron chi connectivity index (χ1n) is 9.42. The van der Waals surface area contributed by atoms with Gasteiger partial charge in [-0.25, -0.2) is 0 Å². The molecule has 0 fully saturated rings. The van der Waals surface area contributed by atoms with Crippen molar-refractivity contribution in [3.8, 4) is 11.1 Å². The van der Waals surface area contributed by atoms with Crippen molar-refractivity contribution in [3.05, 3.63) is 89.9 Å². The van der Waals surface area contributed by atoms with E-state index in [1.807, 2.05) is 66.7 Å². The first kappa shape index (κ1) is 22.1. The highest BCUT2D eigenvalue weighted by atomic mass is 35.5. The fourth-order valence-electron chi connectivity index (χ4n) is 3.38. The van der Waals surface area contributed by atoms with Gasteiger partial charge in [-0.3, -0.25) is 4.79 Å². The number of para-hydroxylation sites is 1. The Hall–Kier alpha value is -3.61. The van der Waals surface area contributed by atoms with Crippen LogP contribution in [-0.4, -0.2) is 19.2 Å². The fraction of sp³-hybridized carbons (Fsp3) is 0.0833. The van der Waals surface area contributed by atoms with Crippen molar-refractivity contribution in [2.45, 2.75) is 6.61 Å². The van der Waals surface area contributed by atoms with Crippen molar-refractivity contribution in [2.75, 3.05) is 12.4 Å². The topological polar surface area (TPSA) is 89.8 Å². The van der Waals surface area contributed by atoms with Crippen molar-refractivity contribution >= 4 is 41.0 Å². The number of fused-ring (bicyclic) bond motifs is 1. The number of benzene rings is 3. The van der Waals surface area contributed by atoms with Crippen LogP contribution in [0.15, 0.2) is 82.5 Å².